The van der Waals surface area contributed by atoms with Gasteiger partial charge in [0.15, 0.2) is 0 Å². The molecule has 1 aliphatic rings. The molecule has 4 heteroatoms. The molecule has 3 rings (SSSR count). The summed E-state index contributed by atoms with van der Waals surface area (Å²) in [5.41, 5.74) is 1.29. The molecule has 1 saturated carbocycles. The molecule has 34 heavy (non-hydrogen) atoms. The number of carbonyl (C=O) groups is 1. The minimum absolute atomic E-state index is 0.0626. The number of carbonyl (C=O) groups excluding carboxylic acids is 1. The van der Waals surface area contributed by atoms with Crippen LogP contribution in [0, 0.1) is 28.6 Å². The van der Waals surface area contributed by atoms with Gasteiger partial charge < -0.3 is 9.22 Å². The van der Waals surface area contributed by atoms with Crippen LogP contribution in [0.1, 0.15) is 60.3 Å². The molecule has 0 amide bonds. The van der Waals surface area contributed by atoms with Gasteiger partial charge in [0.2, 0.25) is 0 Å². The molecule has 0 heterocycles. The Morgan fingerprint density at radius 2 is 1.59 bits per heavy atom. The summed E-state index contributed by atoms with van der Waals surface area (Å²) in [5.74, 6) is 0.646. The van der Waals surface area contributed by atoms with Gasteiger partial charge in [-0.3, -0.25) is 0 Å². The predicted octanol–water partition coefficient (Wildman–Crippen LogP) is 6.04. The highest BCUT2D eigenvalue weighted by Gasteiger charge is 2.50. The van der Waals surface area contributed by atoms with Gasteiger partial charge in [-0.1, -0.05) is 101 Å². The van der Waals surface area contributed by atoms with E-state index in [1.165, 1.54) is 15.9 Å². The summed E-state index contributed by atoms with van der Waals surface area (Å²) in [5, 5.41) is 11.9. The molecule has 1 aliphatic carbocycles. The number of nitriles is 1. The van der Waals surface area contributed by atoms with Gasteiger partial charge in [-0.05, 0) is 51.9 Å². The van der Waals surface area contributed by atoms with Crippen LogP contribution in [0.15, 0.2) is 72.3 Å². The number of nitrogens with zero attached hydrogens (tertiary/aromatic N) is 1. The summed E-state index contributed by atoms with van der Waals surface area (Å²) in [7, 11) is -2.59. The first-order valence-electron chi connectivity index (χ1n) is 12.4. The van der Waals surface area contributed by atoms with E-state index in [-0.39, 0.29) is 16.4 Å². The lowest BCUT2D eigenvalue weighted by atomic mass is 9.75. The average molecular weight is 474 g/mol. The van der Waals surface area contributed by atoms with Crippen molar-refractivity contribution in [2.24, 2.45) is 17.3 Å². The van der Waals surface area contributed by atoms with Crippen LogP contribution in [-0.4, -0.2) is 21.2 Å². The van der Waals surface area contributed by atoms with Crippen LogP contribution < -0.4 is 10.4 Å². The fraction of sp³-hybridized carbons (Fsp3) is 0.467. The monoisotopic (exact) mass is 473 g/mol. The maximum atomic E-state index is 11.2. The molecular weight excluding hydrogens is 434 g/mol. The highest BCUT2D eigenvalue weighted by Crippen LogP contribution is 2.53. The van der Waals surface area contributed by atoms with Crippen LogP contribution >= 0.6 is 0 Å². The number of hydrogen-bond donors (Lipinski definition) is 0. The Labute approximate surface area is 207 Å². The largest absolute Gasteiger partial charge is 0.407 e. The third-order valence-electron chi connectivity index (χ3n) is 7.64. The number of rotatable bonds is 9. The fourth-order valence-corrected chi connectivity index (χ4v) is 10.7. The van der Waals surface area contributed by atoms with Crippen molar-refractivity contribution in [3.63, 3.8) is 0 Å². The number of allylic oxidation sites excluding steroid dienone is 2. The predicted molar refractivity (Wildman–Crippen MR) is 143 cm³/mol. The van der Waals surface area contributed by atoms with Gasteiger partial charge in [0, 0.05) is 19.1 Å². The standard InChI is InChI=1S/C30H39NO2Si/c1-29(2,3)34(25-13-8-6-9-14-25,26-15-10-7-11-16-26)33-22-19-27-24(18-20-31)23-30(4,5)28(27)17-12-21-32/h6-11,13-16,18,21,27-28H,12,17,19,22-23H2,1-5H3/b24-18+/t27-,28+/m0/s1. The zero-order valence-corrected chi connectivity index (χ0v) is 22.4. The van der Waals surface area contributed by atoms with Crippen LogP contribution in [0.4, 0.5) is 0 Å². The van der Waals surface area contributed by atoms with E-state index < -0.39 is 8.32 Å². The summed E-state index contributed by atoms with van der Waals surface area (Å²) in [6, 6.07) is 23.7. The molecule has 0 spiro atoms. The Morgan fingerprint density at radius 1 is 1.03 bits per heavy atom. The molecule has 0 N–H and O–H groups in total. The van der Waals surface area contributed by atoms with Crippen molar-refractivity contribution < 1.29 is 9.22 Å². The van der Waals surface area contributed by atoms with E-state index in [4.69, 9.17) is 4.43 Å². The normalized spacial score (nSPS) is 21.4. The van der Waals surface area contributed by atoms with E-state index in [0.717, 1.165) is 25.5 Å². The zero-order chi connectivity index (χ0) is 24.8. The number of hydrogen-bond acceptors (Lipinski definition) is 3. The Morgan fingerprint density at radius 3 is 2.06 bits per heavy atom. The minimum Gasteiger partial charge on any atom is -0.407 e. The summed E-state index contributed by atoms with van der Waals surface area (Å²) in [6.07, 6.45) is 5.98. The molecule has 0 bridgehead atoms. The molecule has 0 aromatic heterocycles. The summed E-state index contributed by atoms with van der Waals surface area (Å²) < 4.78 is 7.13. The molecule has 0 aliphatic heterocycles. The Bertz CT molecular complexity index is 976. The molecule has 180 valence electrons. The topological polar surface area (TPSA) is 50.1 Å². The lowest BCUT2D eigenvalue weighted by molar-refractivity contribution is -0.108. The van der Waals surface area contributed by atoms with E-state index in [1.807, 2.05) is 0 Å². The maximum Gasteiger partial charge on any atom is 0.261 e. The second kappa shape index (κ2) is 10.8. The van der Waals surface area contributed by atoms with Gasteiger partial charge in [0.25, 0.3) is 8.32 Å². The highest BCUT2D eigenvalue weighted by atomic mass is 28.4. The van der Waals surface area contributed by atoms with Crippen molar-refractivity contribution >= 4 is 25.0 Å². The Hall–Kier alpha value is -2.48. The first-order chi connectivity index (χ1) is 16.2. The first kappa shape index (κ1) is 26.1. The van der Waals surface area contributed by atoms with Gasteiger partial charge in [-0.2, -0.15) is 5.26 Å². The van der Waals surface area contributed by atoms with Crippen LogP contribution in [-0.2, 0) is 9.22 Å². The SMILES string of the molecule is CC1(C)C/C(=C\C#N)[C@H](CCO[Si](c2ccccc2)(c2ccccc2)C(C)(C)C)[C@H]1CCC=O. The van der Waals surface area contributed by atoms with Crippen molar-refractivity contribution in [2.75, 3.05) is 6.61 Å². The van der Waals surface area contributed by atoms with E-state index >= 15 is 0 Å². The van der Waals surface area contributed by atoms with E-state index in [0.29, 0.717) is 18.9 Å². The number of benzene rings is 2. The van der Waals surface area contributed by atoms with Crippen LogP contribution in [0.2, 0.25) is 5.04 Å². The van der Waals surface area contributed by atoms with Gasteiger partial charge in [0.1, 0.15) is 6.29 Å². The first-order valence-corrected chi connectivity index (χ1v) is 14.4. The summed E-state index contributed by atoms with van der Waals surface area (Å²) in [4.78, 5) is 11.2. The van der Waals surface area contributed by atoms with Crippen LogP contribution in [0.5, 0.6) is 0 Å². The van der Waals surface area contributed by atoms with Crippen LogP contribution in [0.25, 0.3) is 0 Å². The zero-order valence-electron chi connectivity index (χ0n) is 21.4. The van der Waals surface area contributed by atoms with E-state index in [2.05, 4.69) is 101 Å². The van der Waals surface area contributed by atoms with Crippen molar-refractivity contribution in [2.45, 2.75) is 65.3 Å². The molecule has 0 saturated heterocycles. The lowest BCUT2D eigenvalue weighted by Gasteiger charge is -2.43. The molecule has 0 radical (unpaired) electrons. The number of aldehydes is 1. The lowest BCUT2D eigenvalue weighted by Crippen LogP contribution is -2.66. The smallest absolute Gasteiger partial charge is 0.261 e. The van der Waals surface area contributed by atoms with E-state index in [1.54, 1.807) is 6.08 Å². The fourth-order valence-electron chi connectivity index (χ4n) is 6.16. The van der Waals surface area contributed by atoms with E-state index in [9.17, 15) is 10.1 Å². The highest BCUT2D eigenvalue weighted by molar-refractivity contribution is 6.99. The molecular formula is C30H39NO2Si. The average Bonchev–Trinajstić information content (AvgIpc) is 3.04. The van der Waals surface area contributed by atoms with Crippen molar-refractivity contribution in [3.8, 4) is 6.07 Å². The van der Waals surface area contributed by atoms with Gasteiger partial charge in [-0.15, -0.1) is 0 Å². The summed E-state index contributed by atoms with van der Waals surface area (Å²) in [6.45, 7) is 12.1. The minimum atomic E-state index is -2.59. The molecule has 2 aromatic rings. The van der Waals surface area contributed by atoms with Gasteiger partial charge in [-0.25, -0.2) is 0 Å². The van der Waals surface area contributed by atoms with Gasteiger partial charge >= 0.3 is 0 Å². The third kappa shape index (κ3) is 5.27. The second-order valence-corrected chi connectivity index (χ2v) is 15.6. The molecule has 2 aromatic carbocycles. The van der Waals surface area contributed by atoms with Crippen molar-refractivity contribution in [3.05, 3.63) is 72.3 Å². The maximum absolute atomic E-state index is 11.2. The second-order valence-electron chi connectivity index (χ2n) is 11.3. The summed E-state index contributed by atoms with van der Waals surface area (Å²) >= 11 is 0. The molecule has 2 atom stereocenters. The Kier molecular flexibility index (Phi) is 8.33. The molecule has 1 fully saturated rings. The Balaban J connectivity index is 1.96. The van der Waals surface area contributed by atoms with Gasteiger partial charge in [0.05, 0.1) is 6.07 Å². The van der Waals surface area contributed by atoms with Crippen molar-refractivity contribution in [1.29, 1.82) is 5.26 Å². The third-order valence-corrected chi connectivity index (χ3v) is 12.7. The molecule has 3 nitrogen and oxygen atoms in total. The van der Waals surface area contributed by atoms with Crippen LogP contribution in [0.3, 0.4) is 0 Å². The van der Waals surface area contributed by atoms with Crippen molar-refractivity contribution in [1.82, 2.24) is 0 Å². The molecule has 0 unspecified atom stereocenters. The quantitative estimate of drug-likeness (QED) is 0.253.